The first-order valence-electron chi connectivity index (χ1n) is 5.96. The van der Waals surface area contributed by atoms with Crippen LogP contribution in [0.3, 0.4) is 0 Å². The third kappa shape index (κ3) is 3.49. The van der Waals surface area contributed by atoms with Crippen LogP contribution >= 0.6 is 7.60 Å². The Morgan fingerprint density at radius 3 is 2.76 bits per heavy atom. The van der Waals surface area contributed by atoms with Crippen molar-refractivity contribution >= 4 is 7.60 Å². The van der Waals surface area contributed by atoms with E-state index in [1.54, 1.807) is 0 Å². The van der Waals surface area contributed by atoms with Crippen molar-refractivity contribution in [3.63, 3.8) is 0 Å². The topological polar surface area (TPSA) is 151 Å². The zero-order valence-corrected chi connectivity index (χ0v) is 11.9. The van der Waals surface area contributed by atoms with Crippen LogP contribution in [0.1, 0.15) is 12.0 Å². The summed E-state index contributed by atoms with van der Waals surface area (Å²) in [6.07, 6.45) is -1.03. The van der Waals surface area contributed by atoms with Crippen molar-refractivity contribution in [1.29, 1.82) is 0 Å². The Morgan fingerprint density at radius 1 is 1.57 bits per heavy atom. The van der Waals surface area contributed by atoms with E-state index < -0.39 is 37.2 Å². The van der Waals surface area contributed by atoms with Gasteiger partial charge in [0, 0.05) is 11.8 Å². The lowest BCUT2D eigenvalue weighted by atomic mass is 10.2. The van der Waals surface area contributed by atoms with Crippen molar-refractivity contribution in [2.75, 3.05) is 13.0 Å². The maximum Gasteiger partial charge on any atom is 0.351 e. The molecule has 118 valence electrons. The van der Waals surface area contributed by atoms with Crippen molar-refractivity contribution in [2.24, 2.45) is 0 Å². The highest BCUT2D eigenvalue weighted by molar-refractivity contribution is 7.51. The number of rotatable bonds is 4. The van der Waals surface area contributed by atoms with Crippen molar-refractivity contribution in [3.05, 3.63) is 32.6 Å². The molecule has 2 rings (SSSR count). The predicted molar refractivity (Wildman–Crippen MR) is 68.6 cm³/mol. The summed E-state index contributed by atoms with van der Waals surface area (Å²) >= 11 is 0. The van der Waals surface area contributed by atoms with Gasteiger partial charge in [-0.3, -0.25) is 14.3 Å². The minimum absolute atomic E-state index is 0.175. The number of aliphatic hydroxyl groups is 1. The van der Waals surface area contributed by atoms with Gasteiger partial charge in [-0.15, -0.1) is 0 Å². The van der Waals surface area contributed by atoms with Gasteiger partial charge in [-0.05, 0) is 6.92 Å². The number of aliphatic hydroxyl groups excluding tert-OH is 1. The predicted octanol–water partition coefficient (Wildman–Crippen LogP) is -1.61. The highest BCUT2D eigenvalue weighted by Gasteiger charge is 2.45. The molecule has 2 heterocycles. The molecule has 10 nitrogen and oxygen atoms in total. The van der Waals surface area contributed by atoms with Gasteiger partial charge in [-0.2, -0.15) is 0 Å². The molecule has 11 heteroatoms. The van der Waals surface area contributed by atoms with Crippen molar-refractivity contribution in [2.45, 2.75) is 25.4 Å². The number of aromatic amines is 1. The molecule has 0 aromatic carbocycles. The number of aryl methyl sites for hydroxylation is 1. The van der Waals surface area contributed by atoms with E-state index in [0.717, 1.165) is 10.8 Å². The first-order chi connectivity index (χ1) is 9.63. The second-order valence-corrected chi connectivity index (χ2v) is 6.35. The SMILES string of the molecule is Cc1cn([C@@]2(OCP(=O)(O)O)C[C@H](O)CO2)c(=O)[nH]c1=O. The number of ether oxygens (including phenoxy) is 2. The van der Waals surface area contributed by atoms with Gasteiger partial charge in [-0.25, -0.2) is 9.36 Å². The fourth-order valence-corrected chi connectivity index (χ4v) is 2.35. The van der Waals surface area contributed by atoms with Gasteiger partial charge in [0.15, 0.2) is 6.35 Å². The molecule has 1 aromatic rings. The van der Waals surface area contributed by atoms with E-state index in [2.05, 4.69) is 0 Å². The summed E-state index contributed by atoms with van der Waals surface area (Å²) in [4.78, 5) is 43.1. The molecule has 0 saturated carbocycles. The van der Waals surface area contributed by atoms with Crippen molar-refractivity contribution < 1.29 is 28.9 Å². The Morgan fingerprint density at radius 2 is 2.24 bits per heavy atom. The molecule has 0 amide bonds. The number of nitrogens with one attached hydrogen (secondary N) is 1. The van der Waals surface area contributed by atoms with Gasteiger partial charge in [-0.1, -0.05) is 0 Å². The standard InChI is InChI=1S/C10H15N2O8P/c1-6-3-12(9(15)11-8(6)14)10(2-7(13)4-19-10)20-5-21(16,17)18/h3,7,13H,2,4-5H2,1H3,(H,11,14,15)(H2,16,17,18)/t7-,10-/m0/s1. The second-order valence-electron chi connectivity index (χ2n) is 4.76. The summed E-state index contributed by atoms with van der Waals surface area (Å²) in [6, 6.07) is 0. The van der Waals surface area contributed by atoms with E-state index in [0.29, 0.717) is 0 Å². The van der Waals surface area contributed by atoms with Crippen LogP contribution in [0, 0.1) is 6.92 Å². The molecule has 1 aliphatic heterocycles. The third-order valence-corrected chi connectivity index (χ3v) is 3.41. The van der Waals surface area contributed by atoms with Gasteiger partial charge in [0.2, 0.25) is 0 Å². The Labute approximate surface area is 118 Å². The summed E-state index contributed by atoms with van der Waals surface area (Å²) in [5.41, 5.74) is -1.29. The number of hydrogen-bond acceptors (Lipinski definition) is 6. The zero-order valence-electron chi connectivity index (χ0n) is 11.1. The average Bonchev–Trinajstić information content (AvgIpc) is 2.73. The molecule has 1 fully saturated rings. The quantitative estimate of drug-likeness (QED) is 0.483. The number of hydrogen-bond donors (Lipinski definition) is 4. The average molecular weight is 322 g/mol. The minimum atomic E-state index is -4.51. The van der Waals surface area contributed by atoms with E-state index in [9.17, 15) is 19.3 Å². The number of H-pyrrole nitrogens is 1. The third-order valence-electron chi connectivity index (χ3n) is 2.94. The highest BCUT2D eigenvalue weighted by atomic mass is 31.2. The first-order valence-corrected chi connectivity index (χ1v) is 7.76. The van der Waals surface area contributed by atoms with E-state index in [-0.39, 0.29) is 18.6 Å². The lowest BCUT2D eigenvalue weighted by molar-refractivity contribution is -0.263. The Hall–Kier alpha value is -1.29. The summed E-state index contributed by atoms with van der Waals surface area (Å²) in [6.45, 7) is 1.27. The lowest BCUT2D eigenvalue weighted by Gasteiger charge is -2.30. The Balaban J connectivity index is 2.46. The molecular formula is C10H15N2O8P. The normalized spacial score (nSPS) is 26.2. The minimum Gasteiger partial charge on any atom is -0.390 e. The molecule has 21 heavy (non-hydrogen) atoms. The summed E-state index contributed by atoms with van der Waals surface area (Å²) in [5, 5.41) is 9.58. The van der Waals surface area contributed by atoms with E-state index in [1.807, 2.05) is 4.98 Å². The van der Waals surface area contributed by atoms with E-state index >= 15 is 0 Å². The molecule has 4 N–H and O–H groups in total. The molecule has 1 saturated heterocycles. The molecule has 1 aliphatic rings. The molecule has 0 aliphatic carbocycles. The lowest BCUT2D eigenvalue weighted by Crippen LogP contribution is -2.46. The van der Waals surface area contributed by atoms with E-state index in [4.69, 9.17) is 19.3 Å². The number of aromatic nitrogens is 2. The van der Waals surface area contributed by atoms with Gasteiger partial charge < -0.3 is 24.4 Å². The van der Waals surface area contributed by atoms with Gasteiger partial charge in [0.25, 0.3) is 11.5 Å². The molecule has 1 aromatic heterocycles. The second kappa shape index (κ2) is 5.48. The molecule has 0 spiro atoms. The van der Waals surface area contributed by atoms with E-state index in [1.165, 1.54) is 6.92 Å². The molecule has 0 unspecified atom stereocenters. The van der Waals surface area contributed by atoms with Crippen molar-refractivity contribution in [1.82, 2.24) is 9.55 Å². The largest absolute Gasteiger partial charge is 0.390 e. The van der Waals surface area contributed by atoms with Crippen LogP contribution in [-0.4, -0.2) is 43.5 Å². The van der Waals surface area contributed by atoms with Gasteiger partial charge in [0.1, 0.15) is 0 Å². The molecular weight excluding hydrogens is 307 g/mol. The summed E-state index contributed by atoms with van der Waals surface area (Å²) in [5.74, 6) is -1.87. The van der Waals surface area contributed by atoms with Crippen LogP contribution < -0.4 is 11.2 Å². The summed E-state index contributed by atoms with van der Waals surface area (Å²) < 4.78 is 22.1. The fraction of sp³-hybridized carbons (Fsp3) is 0.600. The molecule has 2 atom stereocenters. The van der Waals surface area contributed by atoms with Gasteiger partial charge >= 0.3 is 13.3 Å². The Kier molecular flexibility index (Phi) is 4.20. The van der Waals surface area contributed by atoms with Crippen LogP contribution in [0.25, 0.3) is 0 Å². The van der Waals surface area contributed by atoms with Gasteiger partial charge in [0.05, 0.1) is 19.1 Å². The smallest absolute Gasteiger partial charge is 0.351 e. The van der Waals surface area contributed by atoms with Crippen LogP contribution in [-0.2, 0) is 19.9 Å². The zero-order chi connectivity index (χ0) is 15.8. The first kappa shape index (κ1) is 16.1. The monoisotopic (exact) mass is 322 g/mol. The van der Waals surface area contributed by atoms with Crippen LogP contribution in [0.2, 0.25) is 0 Å². The van der Waals surface area contributed by atoms with Crippen LogP contribution in [0.5, 0.6) is 0 Å². The summed E-state index contributed by atoms with van der Waals surface area (Å²) in [7, 11) is -4.51. The van der Waals surface area contributed by atoms with Crippen molar-refractivity contribution in [3.8, 4) is 0 Å². The highest BCUT2D eigenvalue weighted by Crippen LogP contribution is 2.40. The Bertz CT molecular complexity index is 691. The molecule has 0 bridgehead atoms. The van der Waals surface area contributed by atoms with Crippen LogP contribution in [0.15, 0.2) is 15.8 Å². The maximum atomic E-state index is 11.9. The van der Waals surface area contributed by atoms with Crippen LogP contribution in [0.4, 0.5) is 0 Å². The number of nitrogens with zero attached hydrogens (tertiary/aromatic N) is 1. The fourth-order valence-electron chi connectivity index (χ4n) is 1.98. The maximum absolute atomic E-state index is 11.9. The molecule has 0 radical (unpaired) electrons.